The van der Waals surface area contributed by atoms with Crippen LogP contribution in [0.2, 0.25) is 0 Å². The first-order chi connectivity index (χ1) is 8.86. The van der Waals surface area contributed by atoms with Gasteiger partial charge in [0.1, 0.15) is 0 Å². The van der Waals surface area contributed by atoms with Crippen LogP contribution < -0.4 is 0 Å². The molecule has 0 N–H and O–H groups in total. The Labute approximate surface area is 107 Å². The Morgan fingerprint density at radius 1 is 1.28 bits per heavy atom. The molecular weight excluding hydrogens is 232 g/mol. The highest BCUT2D eigenvalue weighted by Gasteiger charge is 2.40. The van der Waals surface area contributed by atoms with Gasteiger partial charge in [-0.3, -0.25) is 0 Å². The molecule has 0 radical (unpaired) electrons. The van der Waals surface area contributed by atoms with Crippen molar-refractivity contribution in [1.29, 1.82) is 0 Å². The molecule has 2 heterocycles. The van der Waals surface area contributed by atoms with Gasteiger partial charge in [-0.1, -0.05) is 0 Å². The predicted molar refractivity (Wildman–Crippen MR) is 65.1 cm³/mol. The lowest BCUT2D eigenvalue weighted by Crippen LogP contribution is -2.37. The Hall–Kier alpha value is -0.910. The zero-order valence-corrected chi connectivity index (χ0v) is 10.6. The Morgan fingerprint density at radius 3 is 2.72 bits per heavy atom. The minimum absolute atomic E-state index is 0.274. The van der Waals surface area contributed by atoms with Gasteiger partial charge in [-0.2, -0.15) is 0 Å². The first-order valence-corrected chi connectivity index (χ1v) is 6.72. The lowest BCUT2D eigenvalue weighted by atomic mass is 9.92. The van der Waals surface area contributed by atoms with Crippen LogP contribution in [0, 0.1) is 0 Å². The van der Waals surface area contributed by atoms with Crippen molar-refractivity contribution in [1.82, 2.24) is 9.55 Å². The molecule has 1 saturated carbocycles. The minimum Gasteiger partial charge on any atom is -0.376 e. The molecule has 5 nitrogen and oxygen atoms in total. The maximum absolute atomic E-state index is 5.90. The summed E-state index contributed by atoms with van der Waals surface area (Å²) in [5.74, 6) is -0.274. The third-order valence-corrected chi connectivity index (χ3v) is 3.77. The number of hydrogen-bond acceptors (Lipinski definition) is 4. The summed E-state index contributed by atoms with van der Waals surface area (Å²) in [7, 11) is 0. The fourth-order valence-corrected chi connectivity index (χ4v) is 2.73. The third kappa shape index (κ3) is 2.74. The van der Waals surface area contributed by atoms with Crippen LogP contribution in [0.4, 0.5) is 0 Å². The van der Waals surface area contributed by atoms with Gasteiger partial charge < -0.3 is 18.8 Å². The molecule has 0 bridgehead atoms. The van der Waals surface area contributed by atoms with Gasteiger partial charge in [0.05, 0.1) is 32.3 Å². The molecule has 0 aromatic carbocycles. The summed E-state index contributed by atoms with van der Waals surface area (Å²) < 4.78 is 19.3. The molecule has 18 heavy (non-hydrogen) atoms. The van der Waals surface area contributed by atoms with E-state index in [1.807, 2.05) is 17.1 Å². The van der Waals surface area contributed by atoms with E-state index < -0.39 is 0 Å². The van der Waals surface area contributed by atoms with E-state index in [9.17, 15) is 0 Å². The van der Waals surface area contributed by atoms with Crippen LogP contribution in [0.15, 0.2) is 18.7 Å². The Bertz CT molecular complexity index is 350. The summed E-state index contributed by atoms with van der Waals surface area (Å²) in [4.78, 5) is 4.01. The number of ether oxygens (including phenoxy) is 3. The summed E-state index contributed by atoms with van der Waals surface area (Å²) >= 11 is 0. The van der Waals surface area contributed by atoms with Crippen molar-refractivity contribution < 1.29 is 14.2 Å². The number of aromatic nitrogens is 2. The molecule has 100 valence electrons. The van der Waals surface area contributed by atoms with Gasteiger partial charge in [0, 0.05) is 31.8 Å². The van der Waals surface area contributed by atoms with Crippen LogP contribution in [-0.2, 0) is 20.8 Å². The topological polar surface area (TPSA) is 45.5 Å². The number of nitrogens with zero attached hydrogens (tertiary/aromatic N) is 2. The largest absolute Gasteiger partial charge is 0.376 e. The second-order valence-electron chi connectivity index (χ2n) is 4.98. The van der Waals surface area contributed by atoms with Crippen molar-refractivity contribution in [2.75, 3.05) is 19.8 Å². The van der Waals surface area contributed by atoms with E-state index in [0.717, 1.165) is 52.0 Å². The second-order valence-corrected chi connectivity index (χ2v) is 4.98. The minimum atomic E-state index is -0.274. The maximum atomic E-state index is 5.90. The average molecular weight is 252 g/mol. The van der Waals surface area contributed by atoms with Gasteiger partial charge in [0.25, 0.3) is 0 Å². The Balaban J connectivity index is 1.38. The van der Waals surface area contributed by atoms with E-state index in [-0.39, 0.29) is 5.79 Å². The molecule has 1 aliphatic carbocycles. The van der Waals surface area contributed by atoms with Gasteiger partial charge in [-0.25, -0.2) is 4.98 Å². The van der Waals surface area contributed by atoms with Crippen LogP contribution in [0.5, 0.6) is 0 Å². The molecule has 1 saturated heterocycles. The lowest BCUT2D eigenvalue weighted by molar-refractivity contribution is -0.191. The molecule has 1 aromatic heterocycles. The number of imidazole rings is 1. The highest BCUT2D eigenvalue weighted by molar-refractivity contribution is 4.83. The highest BCUT2D eigenvalue weighted by Crippen LogP contribution is 2.36. The molecule has 1 spiro atoms. The van der Waals surface area contributed by atoms with Crippen LogP contribution in [0.3, 0.4) is 0 Å². The van der Waals surface area contributed by atoms with E-state index >= 15 is 0 Å². The van der Waals surface area contributed by atoms with Crippen LogP contribution >= 0.6 is 0 Å². The predicted octanol–water partition coefficient (Wildman–Crippen LogP) is 1.59. The van der Waals surface area contributed by atoms with E-state index in [4.69, 9.17) is 14.2 Å². The van der Waals surface area contributed by atoms with E-state index in [0.29, 0.717) is 6.10 Å². The van der Waals surface area contributed by atoms with Gasteiger partial charge in [0.15, 0.2) is 5.79 Å². The van der Waals surface area contributed by atoms with Crippen molar-refractivity contribution in [3.05, 3.63) is 18.7 Å². The number of rotatable bonds is 4. The first kappa shape index (κ1) is 12.1. The standard InChI is InChI=1S/C13H20N2O3/c1-3-13(17-9-10-18-13)4-2-12(1)16-8-7-15-6-5-14-11-15/h5-6,11-12H,1-4,7-10H2. The summed E-state index contributed by atoms with van der Waals surface area (Å²) in [5, 5.41) is 0. The lowest BCUT2D eigenvalue weighted by Gasteiger charge is -2.35. The normalized spacial score (nSPS) is 23.8. The molecule has 3 rings (SSSR count). The van der Waals surface area contributed by atoms with E-state index in [2.05, 4.69) is 4.98 Å². The van der Waals surface area contributed by atoms with E-state index in [1.165, 1.54) is 0 Å². The van der Waals surface area contributed by atoms with Gasteiger partial charge in [-0.05, 0) is 12.8 Å². The van der Waals surface area contributed by atoms with Crippen molar-refractivity contribution in [2.24, 2.45) is 0 Å². The van der Waals surface area contributed by atoms with Crippen molar-refractivity contribution in [3.8, 4) is 0 Å². The summed E-state index contributed by atoms with van der Waals surface area (Å²) in [6.45, 7) is 3.10. The van der Waals surface area contributed by atoms with Crippen molar-refractivity contribution in [2.45, 2.75) is 44.1 Å². The molecule has 1 aromatic rings. The maximum Gasteiger partial charge on any atom is 0.168 e. The molecule has 2 aliphatic rings. The fourth-order valence-electron chi connectivity index (χ4n) is 2.73. The Morgan fingerprint density at radius 2 is 2.06 bits per heavy atom. The summed E-state index contributed by atoms with van der Waals surface area (Å²) in [6.07, 6.45) is 9.91. The first-order valence-electron chi connectivity index (χ1n) is 6.72. The monoisotopic (exact) mass is 252 g/mol. The number of hydrogen-bond donors (Lipinski definition) is 0. The third-order valence-electron chi connectivity index (χ3n) is 3.77. The van der Waals surface area contributed by atoms with Crippen LogP contribution in [0.1, 0.15) is 25.7 Å². The molecular formula is C13H20N2O3. The SMILES string of the molecule is c1cn(CCOC2CCC3(CC2)OCCO3)cn1. The molecule has 0 amide bonds. The van der Waals surface area contributed by atoms with Crippen LogP contribution in [0.25, 0.3) is 0 Å². The second kappa shape index (κ2) is 5.38. The van der Waals surface area contributed by atoms with Crippen LogP contribution in [-0.4, -0.2) is 41.3 Å². The molecule has 5 heteroatoms. The molecule has 2 fully saturated rings. The fraction of sp³-hybridized carbons (Fsp3) is 0.769. The highest BCUT2D eigenvalue weighted by atomic mass is 16.7. The smallest absolute Gasteiger partial charge is 0.168 e. The van der Waals surface area contributed by atoms with Gasteiger partial charge >= 0.3 is 0 Å². The van der Waals surface area contributed by atoms with Crippen molar-refractivity contribution >= 4 is 0 Å². The molecule has 0 unspecified atom stereocenters. The quantitative estimate of drug-likeness (QED) is 0.816. The average Bonchev–Trinajstić information content (AvgIpc) is 3.04. The van der Waals surface area contributed by atoms with Gasteiger partial charge in [0.2, 0.25) is 0 Å². The Kier molecular flexibility index (Phi) is 3.63. The molecule has 0 atom stereocenters. The zero-order chi connectivity index (χ0) is 12.3. The van der Waals surface area contributed by atoms with Gasteiger partial charge in [-0.15, -0.1) is 0 Å². The van der Waals surface area contributed by atoms with E-state index in [1.54, 1.807) is 6.20 Å². The zero-order valence-electron chi connectivity index (χ0n) is 10.6. The van der Waals surface area contributed by atoms with Crippen molar-refractivity contribution in [3.63, 3.8) is 0 Å². The molecule has 1 aliphatic heterocycles. The summed E-state index contributed by atoms with van der Waals surface area (Å²) in [6, 6.07) is 0. The summed E-state index contributed by atoms with van der Waals surface area (Å²) in [5.41, 5.74) is 0.